The molecule has 0 atom stereocenters. The minimum absolute atomic E-state index is 0.720. The molecule has 4 heteroatoms. The summed E-state index contributed by atoms with van der Waals surface area (Å²) in [5.41, 5.74) is 2.30. The van der Waals surface area contributed by atoms with E-state index in [1.54, 1.807) is 6.20 Å². The van der Waals surface area contributed by atoms with Crippen molar-refractivity contribution in [2.24, 2.45) is 0 Å². The largest absolute Gasteiger partial charge is 0.254 e. The molecule has 1 aromatic carbocycles. The molecule has 3 aromatic rings. The molecule has 3 rings (SSSR count). The highest BCUT2D eigenvalue weighted by Gasteiger charge is 2.04. The molecule has 0 radical (unpaired) electrons. The Labute approximate surface area is 73.2 Å². The summed E-state index contributed by atoms with van der Waals surface area (Å²) in [6.07, 6.45) is 1.73. The SMILES string of the molecule is c1cnc2c(c1)ccc1nonc12. The van der Waals surface area contributed by atoms with E-state index in [1.165, 1.54) is 0 Å². The van der Waals surface area contributed by atoms with Gasteiger partial charge in [0.2, 0.25) is 0 Å². The van der Waals surface area contributed by atoms with Gasteiger partial charge in [-0.2, -0.15) is 0 Å². The lowest BCUT2D eigenvalue weighted by Crippen LogP contribution is -1.79. The van der Waals surface area contributed by atoms with Crippen LogP contribution in [0.2, 0.25) is 0 Å². The molecular formula is C9H5N3O. The van der Waals surface area contributed by atoms with E-state index in [-0.39, 0.29) is 0 Å². The van der Waals surface area contributed by atoms with Gasteiger partial charge in [-0.1, -0.05) is 12.1 Å². The molecule has 0 saturated carbocycles. The van der Waals surface area contributed by atoms with E-state index < -0.39 is 0 Å². The quantitative estimate of drug-likeness (QED) is 0.517. The molecule has 0 N–H and O–H groups in total. The van der Waals surface area contributed by atoms with Crippen molar-refractivity contribution in [1.29, 1.82) is 0 Å². The first kappa shape index (κ1) is 6.54. The van der Waals surface area contributed by atoms with Crippen LogP contribution in [0, 0.1) is 0 Å². The van der Waals surface area contributed by atoms with Crippen LogP contribution in [0.5, 0.6) is 0 Å². The molecule has 0 aliphatic carbocycles. The van der Waals surface area contributed by atoms with Gasteiger partial charge in [0.05, 0.1) is 0 Å². The van der Waals surface area contributed by atoms with Gasteiger partial charge in [-0.3, -0.25) is 4.98 Å². The van der Waals surface area contributed by atoms with Crippen molar-refractivity contribution < 1.29 is 4.63 Å². The maximum atomic E-state index is 4.63. The van der Waals surface area contributed by atoms with E-state index in [2.05, 4.69) is 19.9 Å². The van der Waals surface area contributed by atoms with E-state index >= 15 is 0 Å². The minimum atomic E-state index is 0.720. The Hall–Kier alpha value is -1.97. The van der Waals surface area contributed by atoms with Crippen molar-refractivity contribution >= 4 is 21.9 Å². The van der Waals surface area contributed by atoms with Crippen molar-refractivity contribution in [2.45, 2.75) is 0 Å². The Kier molecular flexibility index (Phi) is 1.14. The molecule has 62 valence electrons. The van der Waals surface area contributed by atoms with Crippen LogP contribution in [0.4, 0.5) is 0 Å². The highest BCUT2D eigenvalue weighted by Crippen LogP contribution is 2.19. The fourth-order valence-corrected chi connectivity index (χ4v) is 1.39. The van der Waals surface area contributed by atoms with Gasteiger partial charge < -0.3 is 0 Å². The van der Waals surface area contributed by atoms with Crippen LogP contribution in [0.15, 0.2) is 35.1 Å². The lowest BCUT2D eigenvalue weighted by atomic mass is 10.2. The first-order chi connectivity index (χ1) is 6.45. The fraction of sp³-hybridized carbons (Fsp3) is 0. The first-order valence-corrected chi connectivity index (χ1v) is 3.91. The third kappa shape index (κ3) is 0.823. The number of nitrogens with zero attached hydrogens (tertiary/aromatic N) is 3. The third-order valence-corrected chi connectivity index (χ3v) is 2.00. The van der Waals surface area contributed by atoms with Crippen LogP contribution >= 0.6 is 0 Å². The predicted octanol–water partition coefficient (Wildman–Crippen LogP) is 1.77. The Bertz CT molecular complexity index is 573. The summed E-state index contributed by atoms with van der Waals surface area (Å²) in [5.74, 6) is 0. The lowest BCUT2D eigenvalue weighted by Gasteiger charge is -1.93. The third-order valence-electron chi connectivity index (χ3n) is 2.00. The maximum Gasteiger partial charge on any atom is 0.161 e. The number of hydrogen-bond acceptors (Lipinski definition) is 4. The molecule has 0 saturated heterocycles. The Balaban J connectivity index is 2.65. The van der Waals surface area contributed by atoms with Gasteiger partial charge in [0.25, 0.3) is 0 Å². The molecule has 0 unspecified atom stereocenters. The van der Waals surface area contributed by atoms with Crippen LogP contribution in [0.25, 0.3) is 21.9 Å². The Morgan fingerprint density at radius 1 is 1.00 bits per heavy atom. The monoisotopic (exact) mass is 171 g/mol. The zero-order valence-electron chi connectivity index (χ0n) is 6.64. The lowest BCUT2D eigenvalue weighted by molar-refractivity contribution is 0.315. The smallest absolute Gasteiger partial charge is 0.161 e. The topological polar surface area (TPSA) is 51.8 Å². The van der Waals surface area contributed by atoms with Crippen molar-refractivity contribution in [3.8, 4) is 0 Å². The summed E-state index contributed by atoms with van der Waals surface area (Å²) < 4.78 is 4.63. The van der Waals surface area contributed by atoms with Crippen molar-refractivity contribution in [1.82, 2.24) is 15.3 Å². The molecule has 4 nitrogen and oxygen atoms in total. The molecular weight excluding hydrogens is 166 g/mol. The predicted molar refractivity (Wildman–Crippen MR) is 47.1 cm³/mol. The number of rotatable bonds is 0. The summed E-state index contributed by atoms with van der Waals surface area (Å²) in [7, 11) is 0. The van der Waals surface area contributed by atoms with Gasteiger partial charge in [-0.25, -0.2) is 4.63 Å². The van der Waals surface area contributed by atoms with Gasteiger partial charge in [0, 0.05) is 11.6 Å². The van der Waals surface area contributed by atoms with Crippen molar-refractivity contribution in [3.05, 3.63) is 30.5 Å². The summed E-state index contributed by atoms with van der Waals surface area (Å²) in [6.45, 7) is 0. The standard InChI is InChI=1S/C9H5N3O/c1-2-6-3-4-7-9(12-13-11-7)8(6)10-5-1/h1-5H. The molecule has 0 spiro atoms. The number of fused-ring (bicyclic) bond motifs is 3. The van der Waals surface area contributed by atoms with Gasteiger partial charge >= 0.3 is 0 Å². The van der Waals surface area contributed by atoms with Crippen LogP contribution in [-0.2, 0) is 0 Å². The van der Waals surface area contributed by atoms with Crippen molar-refractivity contribution in [2.75, 3.05) is 0 Å². The summed E-state index contributed by atoms with van der Waals surface area (Å²) in [4.78, 5) is 4.22. The second-order valence-electron chi connectivity index (χ2n) is 2.77. The highest BCUT2D eigenvalue weighted by atomic mass is 16.6. The Morgan fingerprint density at radius 3 is 3.00 bits per heavy atom. The summed E-state index contributed by atoms with van der Waals surface area (Å²) in [5, 5.41) is 8.59. The van der Waals surface area contributed by atoms with E-state index in [0.29, 0.717) is 0 Å². The Morgan fingerprint density at radius 2 is 2.00 bits per heavy atom. The molecule has 2 heterocycles. The van der Waals surface area contributed by atoms with Crippen LogP contribution in [-0.4, -0.2) is 15.3 Å². The van der Waals surface area contributed by atoms with E-state index in [9.17, 15) is 0 Å². The molecule has 13 heavy (non-hydrogen) atoms. The van der Waals surface area contributed by atoms with E-state index in [1.807, 2.05) is 24.3 Å². The zero-order valence-corrected chi connectivity index (χ0v) is 6.64. The maximum absolute atomic E-state index is 4.63. The highest BCUT2D eigenvalue weighted by molar-refractivity contribution is 6.00. The summed E-state index contributed by atoms with van der Waals surface area (Å²) in [6, 6.07) is 7.70. The average molecular weight is 171 g/mol. The molecule has 0 aliphatic heterocycles. The molecule has 0 fully saturated rings. The second kappa shape index (κ2) is 2.26. The normalized spacial score (nSPS) is 11.1. The second-order valence-corrected chi connectivity index (χ2v) is 2.77. The zero-order chi connectivity index (χ0) is 8.67. The molecule has 0 aliphatic rings. The van der Waals surface area contributed by atoms with Crippen LogP contribution in [0.3, 0.4) is 0 Å². The van der Waals surface area contributed by atoms with Gasteiger partial charge in [0.15, 0.2) is 5.52 Å². The molecule has 0 bridgehead atoms. The van der Waals surface area contributed by atoms with Crippen LogP contribution in [0.1, 0.15) is 0 Å². The minimum Gasteiger partial charge on any atom is -0.254 e. The number of hydrogen-bond donors (Lipinski definition) is 0. The van der Waals surface area contributed by atoms with E-state index in [4.69, 9.17) is 0 Å². The van der Waals surface area contributed by atoms with Crippen LogP contribution < -0.4 is 0 Å². The van der Waals surface area contributed by atoms with E-state index in [0.717, 1.165) is 21.9 Å². The number of aromatic nitrogens is 3. The van der Waals surface area contributed by atoms with Gasteiger partial charge in [0.1, 0.15) is 11.0 Å². The average Bonchev–Trinajstić information content (AvgIpc) is 2.65. The summed E-state index contributed by atoms with van der Waals surface area (Å²) >= 11 is 0. The van der Waals surface area contributed by atoms with Crippen molar-refractivity contribution in [3.63, 3.8) is 0 Å². The molecule has 2 aromatic heterocycles. The first-order valence-electron chi connectivity index (χ1n) is 3.91. The number of pyridine rings is 1. The fourth-order valence-electron chi connectivity index (χ4n) is 1.39. The number of benzene rings is 1. The van der Waals surface area contributed by atoms with Gasteiger partial charge in [-0.15, -0.1) is 0 Å². The molecule has 0 amide bonds. The van der Waals surface area contributed by atoms with Gasteiger partial charge in [-0.05, 0) is 22.4 Å².